The molecule has 5 rings (SSSR count). The number of hydrogen-bond donors (Lipinski definition) is 2. The van der Waals surface area contributed by atoms with E-state index in [1.165, 1.54) is 36.7 Å². The Bertz CT molecular complexity index is 1720. The second kappa shape index (κ2) is 9.79. The van der Waals surface area contributed by atoms with Crippen molar-refractivity contribution in [1.82, 2.24) is 15.0 Å². The molecule has 8 nitrogen and oxygen atoms in total. The first-order chi connectivity index (χ1) is 17.8. The van der Waals surface area contributed by atoms with Crippen LogP contribution in [0.4, 0.5) is 11.6 Å². The molecule has 0 atom stereocenters. The standard InChI is InChI=1S/C28H23N5O3S/c1-18-8-13-22(19(2)16-18)26-17-24(23-6-3-4-7-25(23)32-26)27(34)31-20-9-11-21(12-10-20)37(35,36)33-28-29-14-5-15-30-28/h3-17H,1-2H3,(H,31,34)(H,29,30,33). The number of aryl methyl sites for hydroxylation is 2. The summed E-state index contributed by atoms with van der Waals surface area (Å²) in [5, 5.41) is 3.60. The summed E-state index contributed by atoms with van der Waals surface area (Å²) in [7, 11) is -3.88. The van der Waals surface area contributed by atoms with Gasteiger partial charge in [0.1, 0.15) is 0 Å². The summed E-state index contributed by atoms with van der Waals surface area (Å²) >= 11 is 0. The van der Waals surface area contributed by atoms with Gasteiger partial charge < -0.3 is 5.32 Å². The molecule has 9 heteroatoms. The number of rotatable bonds is 6. The van der Waals surface area contributed by atoms with E-state index in [-0.39, 0.29) is 16.8 Å². The van der Waals surface area contributed by atoms with Gasteiger partial charge in [-0.1, -0.05) is 42.0 Å². The maximum Gasteiger partial charge on any atom is 0.264 e. The summed E-state index contributed by atoms with van der Waals surface area (Å²) in [4.78, 5) is 26.0. The first-order valence-electron chi connectivity index (χ1n) is 11.5. The summed E-state index contributed by atoms with van der Waals surface area (Å²) in [6.07, 6.45) is 2.88. The minimum absolute atomic E-state index is 0.0180. The fourth-order valence-electron chi connectivity index (χ4n) is 4.05. The lowest BCUT2D eigenvalue weighted by Crippen LogP contribution is -2.15. The highest BCUT2D eigenvalue weighted by molar-refractivity contribution is 7.92. The highest BCUT2D eigenvalue weighted by Crippen LogP contribution is 2.28. The minimum atomic E-state index is -3.88. The highest BCUT2D eigenvalue weighted by atomic mass is 32.2. The number of sulfonamides is 1. The largest absolute Gasteiger partial charge is 0.322 e. The summed E-state index contributed by atoms with van der Waals surface area (Å²) in [5.74, 6) is -0.347. The van der Waals surface area contributed by atoms with Crippen LogP contribution in [0, 0.1) is 13.8 Å². The van der Waals surface area contributed by atoms with Crippen LogP contribution in [0.1, 0.15) is 21.5 Å². The summed E-state index contributed by atoms with van der Waals surface area (Å²) in [5.41, 5.74) is 5.51. The average Bonchev–Trinajstić information content (AvgIpc) is 2.88. The molecule has 37 heavy (non-hydrogen) atoms. The molecular formula is C28H23N5O3S. The van der Waals surface area contributed by atoms with Crippen LogP contribution in [-0.4, -0.2) is 29.3 Å². The van der Waals surface area contributed by atoms with Crippen molar-refractivity contribution in [2.75, 3.05) is 10.0 Å². The number of fused-ring (bicyclic) bond motifs is 1. The van der Waals surface area contributed by atoms with Crippen LogP contribution in [-0.2, 0) is 10.0 Å². The monoisotopic (exact) mass is 509 g/mol. The molecule has 184 valence electrons. The molecule has 0 unspecified atom stereocenters. The highest BCUT2D eigenvalue weighted by Gasteiger charge is 2.18. The van der Waals surface area contributed by atoms with Crippen LogP contribution in [0.15, 0.2) is 96.2 Å². The number of benzene rings is 3. The molecule has 2 N–H and O–H groups in total. The van der Waals surface area contributed by atoms with E-state index in [1.807, 2.05) is 50.2 Å². The molecule has 3 aromatic carbocycles. The average molecular weight is 510 g/mol. The smallest absolute Gasteiger partial charge is 0.264 e. The van der Waals surface area contributed by atoms with Crippen LogP contribution in [0.25, 0.3) is 22.2 Å². The number of pyridine rings is 1. The SMILES string of the molecule is Cc1ccc(-c2cc(C(=O)Nc3ccc(S(=O)(=O)Nc4ncccn4)cc3)c3ccccc3n2)c(C)c1. The third-order valence-electron chi connectivity index (χ3n) is 5.83. The van der Waals surface area contributed by atoms with Crippen molar-refractivity contribution in [3.8, 4) is 11.3 Å². The molecule has 0 radical (unpaired) electrons. The molecule has 0 aliphatic rings. The summed E-state index contributed by atoms with van der Waals surface area (Å²) < 4.78 is 27.6. The van der Waals surface area contributed by atoms with Gasteiger partial charge in [-0.25, -0.2) is 28.1 Å². The van der Waals surface area contributed by atoms with Gasteiger partial charge in [0.25, 0.3) is 15.9 Å². The van der Waals surface area contributed by atoms with E-state index in [0.717, 1.165) is 22.1 Å². The lowest BCUT2D eigenvalue weighted by molar-refractivity contribution is 0.102. The van der Waals surface area contributed by atoms with Crippen molar-refractivity contribution in [1.29, 1.82) is 0 Å². The Morgan fingerprint density at radius 1 is 0.838 bits per heavy atom. The predicted octanol–water partition coefficient (Wildman–Crippen LogP) is 5.36. The number of nitrogens with one attached hydrogen (secondary N) is 2. The van der Waals surface area contributed by atoms with Gasteiger partial charge in [-0.15, -0.1) is 0 Å². The van der Waals surface area contributed by atoms with Crippen LogP contribution >= 0.6 is 0 Å². The van der Waals surface area contributed by atoms with Gasteiger partial charge in [-0.05, 0) is 61.9 Å². The molecule has 0 fully saturated rings. The summed E-state index contributed by atoms with van der Waals surface area (Å²) in [6, 6.07) is 22.9. The Hall–Kier alpha value is -4.63. The van der Waals surface area contributed by atoms with E-state index in [1.54, 1.807) is 12.1 Å². The Labute approximate surface area is 214 Å². The molecule has 0 bridgehead atoms. The lowest BCUT2D eigenvalue weighted by Gasteiger charge is -2.13. The van der Waals surface area contributed by atoms with Gasteiger partial charge in [0.15, 0.2) is 0 Å². The van der Waals surface area contributed by atoms with Crippen molar-refractivity contribution < 1.29 is 13.2 Å². The number of hydrogen-bond acceptors (Lipinski definition) is 6. The van der Waals surface area contributed by atoms with E-state index < -0.39 is 10.0 Å². The number of nitrogens with zero attached hydrogens (tertiary/aromatic N) is 3. The first-order valence-corrected chi connectivity index (χ1v) is 13.0. The van der Waals surface area contributed by atoms with Crippen LogP contribution in [0.2, 0.25) is 0 Å². The zero-order valence-electron chi connectivity index (χ0n) is 20.1. The quantitative estimate of drug-likeness (QED) is 0.318. The molecule has 2 heterocycles. The number of anilines is 2. The van der Waals surface area contributed by atoms with Crippen molar-refractivity contribution in [3.63, 3.8) is 0 Å². The topological polar surface area (TPSA) is 114 Å². The molecular weight excluding hydrogens is 486 g/mol. The van der Waals surface area contributed by atoms with Gasteiger partial charge in [0, 0.05) is 29.0 Å². The molecule has 2 aromatic heterocycles. The van der Waals surface area contributed by atoms with Crippen LogP contribution < -0.4 is 10.0 Å². The first kappa shape index (κ1) is 24.1. The van der Waals surface area contributed by atoms with Crippen molar-refractivity contribution in [2.24, 2.45) is 0 Å². The maximum atomic E-state index is 13.4. The van der Waals surface area contributed by atoms with Gasteiger partial charge in [0.05, 0.1) is 21.7 Å². The number of para-hydroxylation sites is 1. The number of carbonyl (C=O) groups is 1. The molecule has 0 saturated carbocycles. The van der Waals surface area contributed by atoms with E-state index in [4.69, 9.17) is 4.98 Å². The van der Waals surface area contributed by atoms with Crippen molar-refractivity contribution in [2.45, 2.75) is 18.7 Å². The molecule has 0 spiro atoms. The maximum absolute atomic E-state index is 13.4. The minimum Gasteiger partial charge on any atom is -0.322 e. The molecule has 0 aliphatic heterocycles. The zero-order chi connectivity index (χ0) is 26.0. The van der Waals surface area contributed by atoms with Gasteiger partial charge in [-0.2, -0.15) is 0 Å². The Morgan fingerprint density at radius 2 is 1.57 bits per heavy atom. The molecule has 1 amide bonds. The van der Waals surface area contributed by atoms with Gasteiger partial charge in [-0.3, -0.25) is 4.79 Å². The van der Waals surface area contributed by atoms with Crippen molar-refractivity contribution >= 4 is 38.5 Å². The molecule has 5 aromatic rings. The Morgan fingerprint density at radius 3 is 2.30 bits per heavy atom. The van der Waals surface area contributed by atoms with E-state index in [2.05, 4.69) is 26.1 Å². The summed E-state index contributed by atoms with van der Waals surface area (Å²) in [6.45, 7) is 4.05. The second-order valence-corrected chi connectivity index (χ2v) is 10.2. The second-order valence-electron chi connectivity index (χ2n) is 8.55. The Balaban J connectivity index is 1.43. The fraction of sp³-hybridized carbons (Fsp3) is 0.0714. The van der Waals surface area contributed by atoms with Gasteiger partial charge in [0.2, 0.25) is 5.95 Å². The predicted molar refractivity (Wildman–Crippen MR) is 144 cm³/mol. The normalized spacial score (nSPS) is 11.3. The lowest BCUT2D eigenvalue weighted by atomic mass is 9.99. The Kier molecular flexibility index (Phi) is 6.37. The molecule has 0 saturated heterocycles. The number of amides is 1. The van der Waals surface area contributed by atoms with Crippen LogP contribution in [0.3, 0.4) is 0 Å². The van der Waals surface area contributed by atoms with E-state index in [0.29, 0.717) is 22.5 Å². The zero-order valence-corrected chi connectivity index (χ0v) is 21.0. The van der Waals surface area contributed by atoms with Crippen LogP contribution in [0.5, 0.6) is 0 Å². The fourth-order valence-corrected chi connectivity index (χ4v) is 5.01. The van der Waals surface area contributed by atoms with E-state index in [9.17, 15) is 13.2 Å². The van der Waals surface area contributed by atoms with E-state index >= 15 is 0 Å². The van der Waals surface area contributed by atoms with Gasteiger partial charge >= 0.3 is 0 Å². The third-order valence-corrected chi connectivity index (χ3v) is 7.18. The third kappa shape index (κ3) is 5.17. The molecule has 0 aliphatic carbocycles. The number of carbonyl (C=O) groups excluding carboxylic acids is 1. The van der Waals surface area contributed by atoms with Crippen molar-refractivity contribution in [3.05, 3.63) is 108 Å². The number of aromatic nitrogens is 3.